The molecule has 204 valence electrons. The van der Waals surface area contributed by atoms with Gasteiger partial charge in [0.2, 0.25) is 5.91 Å². The molecule has 2 aliphatic heterocycles. The predicted molar refractivity (Wildman–Crippen MR) is 153 cm³/mol. The largest absolute Gasteiger partial charge is 0.490 e. The van der Waals surface area contributed by atoms with E-state index in [0.717, 1.165) is 35.8 Å². The van der Waals surface area contributed by atoms with Crippen LogP contribution in [0, 0.1) is 0 Å². The number of ether oxygens (including phenoxy) is 2. The Balaban J connectivity index is 1.21. The normalized spacial score (nSPS) is 19.0. The van der Waals surface area contributed by atoms with Crippen LogP contribution in [-0.4, -0.2) is 79.9 Å². The van der Waals surface area contributed by atoms with Crippen molar-refractivity contribution in [3.63, 3.8) is 0 Å². The number of carbonyl (C=O) groups is 1. The molecule has 38 heavy (non-hydrogen) atoms. The fourth-order valence-electron chi connectivity index (χ4n) is 6.03. The highest BCUT2D eigenvalue weighted by Crippen LogP contribution is 2.36. The molecule has 0 radical (unpaired) electrons. The summed E-state index contributed by atoms with van der Waals surface area (Å²) >= 11 is 0. The zero-order valence-electron chi connectivity index (χ0n) is 23.0. The second-order valence-electron chi connectivity index (χ2n) is 10.5. The molecule has 7 heteroatoms. The third-order valence-electron chi connectivity index (χ3n) is 8.01. The number of benzodiazepines with no additional fused rings is 1. The van der Waals surface area contributed by atoms with Crippen molar-refractivity contribution in [2.75, 3.05) is 57.8 Å². The average Bonchev–Trinajstić information content (AvgIpc) is 3.42. The monoisotopic (exact) mass is 518 g/mol. The van der Waals surface area contributed by atoms with Gasteiger partial charge in [-0.15, -0.1) is 0 Å². The van der Waals surface area contributed by atoms with Crippen LogP contribution >= 0.6 is 0 Å². The van der Waals surface area contributed by atoms with Crippen LogP contribution in [0.5, 0.6) is 11.5 Å². The fourth-order valence-corrected chi connectivity index (χ4v) is 6.03. The van der Waals surface area contributed by atoms with Crippen LogP contribution in [0.4, 0.5) is 5.69 Å². The van der Waals surface area contributed by atoms with E-state index in [1.165, 1.54) is 63.8 Å². The number of hydrogen-bond acceptors (Lipinski definition) is 6. The van der Waals surface area contributed by atoms with E-state index >= 15 is 0 Å². The van der Waals surface area contributed by atoms with Gasteiger partial charge in [0.1, 0.15) is 6.54 Å². The summed E-state index contributed by atoms with van der Waals surface area (Å²) in [6.45, 7) is 11.1. The van der Waals surface area contributed by atoms with Crippen molar-refractivity contribution >= 4 is 17.3 Å². The Morgan fingerprint density at radius 1 is 0.947 bits per heavy atom. The minimum Gasteiger partial charge on any atom is -0.490 e. The number of hydrogen-bond donors (Lipinski definition) is 1. The van der Waals surface area contributed by atoms with Gasteiger partial charge in [-0.05, 0) is 57.7 Å². The van der Waals surface area contributed by atoms with Gasteiger partial charge in [0, 0.05) is 49.4 Å². The molecule has 1 saturated heterocycles. The number of amides is 1. The summed E-state index contributed by atoms with van der Waals surface area (Å²) in [6.07, 6.45) is 7.89. The maximum Gasteiger partial charge on any atom is 0.246 e. The molecule has 3 aliphatic rings. The number of aryl methyl sites for hydroxylation is 1. The van der Waals surface area contributed by atoms with Crippen LogP contribution in [-0.2, 0) is 11.2 Å². The van der Waals surface area contributed by atoms with E-state index in [2.05, 4.69) is 44.4 Å². The van der Waals surface area contributed by atoms with Gasteiger partial charge in [-0.1, -0.05) is 37.1 Å². The summed E-state index contributed by atoms with van der Waals surface area (Å²) < 4.78 is 11.6. The molecule has 2 heterocycles. The number of nitrogens with one attached hydrogen (secondary N) is 1. The molecule has 2 aromatic rings. The third kappa shape index (κ3) is 6.38. The van der Waals surface area contributed by atoms with E-state index in [-0.39, 0.29) is 12.5 Å². The van der Waals surface area contributed by atoms with Crippen LogP contribution in [0.15, 0.2) is 41.4 Å². The van der Waals surface area contributed by atoms with Gasteiger partial charge in [0.15, 0.2) is 11.5 Å². The van der Waals surface area contributed by atoms with Gasteiger partial charge < -0.3 is 19.7 Å². The highest BCUT2D eigenvalue weighted by molar-refractivity contribution is 6.19. The molecular formula is C31H42N4O3. The Hall–Kier alpha value is -2.90. The first-order valence-corrected chi connectivity index (χ1v) is 14.5. The van der Waals surface area contributed by atoms with Gasteiger partial charge in [-0.2, -0.15) is 0 Å². The lowest BCUT2D eigenvalue weighted by atomic mass is 9.98. The molecule has 0 bridgehead atoms. The molecule has 0 atom stereocenters. The molecule has 0 unspecified atom stereocenters. The average molecular weight is 519 g/mol. The Morgan fingerprint density at radius 3 is 2.32 bits per heavy atom. The number of piperazine rings is 1. The SMILES string of the molecule is CCOc1cc2c(cc1OCC)C(c1ccc(CCCN3CCN(C4CCCC4)CC3)cc1)=NCC(=O)N2. The Kier molecular flexibility index (Phi) is 8.97. The van der Waals surface area contributed by atoms with E-state index in [1.54, 1.807) is 0 Å². The highest BCUT2D eigenvalue weighted by atomic mass is 16.5. The van der Waals surface area contributed by atoms with E-state index in [0.29, 0.717) is 30.4 Å². The quantitative estimate of drug-likeness (QED) is 0.491. The molecule has 0 aromatic heterocycles. The van der Waals surface area contributed by atoms with Crippen LogP contribution in [0.3, 0.4) is 0 Å². The topological polar surface area (TPSA) is 66.4 Å². The summed E-state index contributed by atoms with van der Waals surface area (Å²) in [6, 6.07) is 13.3. The van der Waals surface area contributed by atoms with Crippen molar-refractivity contribution in [3.05, 3.63) is 53.1 Å². The van der Waals surface area contributed by atoms with Crippen LogP contribution in [0.25, 0.3) is 0 Å². The van der Waals surface area contributed by atoms with Gasteiger partial charge >= 0.3 is 0 Å². The minimum atomic E-state index is -0.131. The first-order chi connectivity index (χ1) is 18.6. The number of aliphatic imine (C=N–C) groups is 1. The molecule has 1 saturated carbocycles. The van der Waals surface area contributed by atoms with Crippen molar-refractivity contribution < 1.29 is 14.3 Å². The van der Waals surface area contributed by atoms with Gasteiger partial charge in [-0.3, -0.25) is 14.7 Å². The molecule has 1 N–H and O–H groups in total. The highest BCUT2D eigenvalue weighted by Gasteiger charge is 2.26. The maximum absolute atomic E-state index is 12.4. The third-order valence-corrected chi connectivity index (χ3v) is 8.01. The predicted octanol–water partition coefficient (Wildman–Crippen LogP) is 4.77. The van der Waals surface area contributed by atoms with Crippen molar-refractivity contribution in [2.45, 2.75) is 58.4 Å². The lowest BCUT2D eigenvalue weighted by molar-refractivity contribution is -0.114. The summed E-state index contributed by atoms with van der Waals surface area (Å²) in [7, 11) is 0. The summed E-state index contributed by atoms with van der Waals surface area (Å²) in [5.41, 5.74) is 4.70. The van der Waals surface area contributed by atoms with E-state index in [4.69, 9.17) is 9.47 Å². The molecule has 1 amide bonds. The number of fused-ring (bicyclic) bond motifs is 1. The zero-order chi connectivity index (χ0) is 26.3. The smallest absolute Gasteiger partial charge is 0.246 e. The molecular weight excluding hydrogens is 476 g/mol. The molecule has 2 aromatic carbocycles. The Bertz CT molecular complexity index is 1120. The second kappa shape index (κ2) is 12.8. The van der Waals surface area contributed by atoms with E-state index < -0.39 is 0 Å². The van der Waals surface area contributed by atoms with Crippen LogP contribution in [0.2, 0.25) is 0 Å². The lowest BCUT2D eigenvalue weighted by Gasteiger charge is -2.38. The molecule has 0 spiro atoms. The van der Waals surface area contributed by atoms with Crippen LogP contribution in [0.1, 0.15) is 62.6 Å². The van der Waals surface area contributed by atoms with Gasteiger partial charge in [0.25, 0.3) is 0 Å². The Morgan fingerprint density at radius 2 is 1.63 bits per heavy atom. The van der Waals surface area contributed by atoms with E-state index in [1.807, 2.05) is 26.0 Å². The molecule has 7 nitrogen and oxygen atoms in total. The van der Waals surface area contributed by atoms with Crippen molar-refractivity contribution in [3.8, 4) is 11.5 Å². The summed E-state index contributed by atoms with van der Waals surface area (Å²) in [4.78, 5) is 22.4. The Labute approximate surface area is 227 Å². The molecule has 1 aliphatic carbocycles. The van der Waals surface area contributed by atoms with Crippen molar-refractivity contribution in [2.24, 2.45) is 4.99 Å². The van der Waals surface area contributed by atoms with Crippen LogP contribution < -0.4 is 14.8 Å². The summed E-state index contributed by atoms with van der Waals surface area (Å²) in [5, 5.41) is 2.98. The number of anilines is 1. The standard InChI is InChI=1S/C31H42N4O3/c1-3-37-28-20-26-27(21-29(28)38-4-2)33-30(36)22-32-31(26)24-13-11-23(12-14-24)8-7-15-34-16-18-35(19-17-34)25-9-5-6-10-25/h11-14,20-21,25H,3-10,15-19,22H2,1-2H3,(H,33,36). The maximum atomic E-state index is 12.4. The zero-order valence-corrected chi connectivity index (χ0v) is 23.0. The number of carbonyl (C=O) groups excluding carboxylic acids is 1. The number of benzene rings is 2. The fraction of sp³-hybridized carbons (Fsp3) is 0.548. The summed E-state index contributed by atoms with van der Waals surface area (Å²) in [5.74, 6) is 1.16. The molecule has 5 rings (SSSR count). The van der Waals surface area contributed by atoms with Gasteiger partial charge in [-0.25, -0.2) is 0 Å². The van der Waals surface area contributed by atoms with Crippen molar-refractivity contribution in [1.82, 2.24) is 9.80 Å². The van der Waals surface area contributed by atoms with E-state index in [9.17, 15) is 4.79 Å². The molecule has 2 fully saturated rings. The minimum absolute atomic E-state index is 0.0910. The first kappa shape index (κ1) is 26.7. The number of rotatable bonds is 10. The number of nitrogens with zero attached hydrogens (tertiary/aromatic N) is 3. The van der Waals surface area contributed by atoms with Gasteiger partial charge in [0.05, 0.1) is 24.6 Å². The van der Waals surface area contributed by atoms with Crippen molar-refractivity contribution in [1.29, 1.82) is 0 Å². The second-order valence-corrected chi connectivity index (χ2v) is 10.5. The lowest BCUT2D eigenvalue weighted by Crippen LogP contribution is -2.49. The first-order valence-electron chi connectivity index (χ1n) is 14.5.